The van der Waals surface area contributed by atoms with Crippen molar-refractivity contribution < 1.29 is 37.4 Å². The molecule has 2 amide bonds. The Kier molecular flexibility index (Phi) is 10.1. The zero-order valence-electron chi connectivity index (χ0n) is 17.3. The van der Waals surface area contributed by atoms with Crippen LogP contribution in [0.4, 0.5) is 0 Å². The highest BCUT2D eigenvalue weighted by Crippen LogP contribution is 2.43. The van der Waals surface area contributed by atoms with Crippen molar-refractivity contribution in [3.8, 4) is 0 Å². The predicted octanol–water partition coefficient (Wildman–Crippen LogP) is 0.746. The van der Waals surface area contributed by atoms with E-state index in [2.05, 4.69) is 0 Å². The Morgan fingerprint density at radius 1 is 1.37 bits per heavy atom. The third-order valence-corrected chi connectivity index (χ3v) is 5.69. The Morgan fingerprint density at radius 2 is 2.07 bits per heavy atom. The molecule has 2 aliphatic rings. The SMILES string of the molecule is CO[C@](N)(COP1OCCCO1)C[C@@H](OC(=O)CC1CC1)N(C)/C=C\C(=O)NC=O. The number of methoxy groups -OCH3 is 1. The summed E-state index contributed by atoms with van der Waals surface area (Å²) in [5, 5.41) is 2.00. The predicted molar refractivity (Wildman–Crippen MR) is 106 cm³/mol. The fourth-order valence-corrected chi connectivity index (χ4v) is 3.63. The number of imide groups is 1. The maximum absolute atomic E-state index is 12.3. The summed E-state index contributed by atoms with van der Waals surface area (Å²) in [6.45, 7) is 1.05. The molecule has 0 aromatic rings. The molecule has 2 rings (SSSR count). The van der Waals surface area contributed by atoms with Crippen LogP contribution in [0.2, 0.25) is 0 Å². The third-order valence-electron chi connectivity index (χ3n) is 4.56. The lowest BCUT2D eigenvalue weighted by atomic mass is 10.1. The van der Waals surface area contributed by atoms with E-state index in [4.69, 9.17) is 28.8 Å². The van der Waals surface area contributed by atoms with Gasteiger partial charge in [0.2, 0.25) is 6.41 Å². The average molecular weight is 447 g/mol. The molecule has 0 aromatic heterocycles. The summed E-state index contributed by atoms with van der Waals surface area (Å²) in [6.07, 6.45) is 5.19. The number of nitrogens with zero attached hydrogens (tertiary/aromatic N) is 1. The number of nitrogens with two attached hydrogens (primary N) is 1. The molecule has 11 nitrogen and oxygen atoms in total. The van der Waals surface area contributed by atoms with E-state index in [-0.39, 0.29) is 25.4 Å². The van der Waals surface area contributed by atoms with Crippen LogP contribution in [0.15, 0.2) is 12.3 Å². The zero-order valence-corrected chi connectivity index (χ0v) is 18.2. The van der Waals surface area contributed by atoms with Crippen molar-refractivity contribution in [3.63, 3.8) is 0 Å². The van der Waals surface area contributed by atoms with Crippen molar-refractivity contribution in [2.45, 2.75) is 44.1 Å². The molecule has 1 aliphatic carbocycles. The molecule has 12 heteroatoms. The average Bonchev–Trinajstić information content (AvgIpc) is 3.55. The molecule has 2 fully saturated rings. The van der Waals surface area contributed by atoms with E-state index < -0.39 is 26.5 Å². The molecule has 0 radical (unpaired) electrons. The highest BCUT2D eigenvalue weighted by molar-refractivity contribution is 7.41. The molecule has 0 spiro atoms. The molecular formula is C18H30N3O8P. The smallest absolute Gasteiger partial charge is 0.332 e. The molecular weight excluding hydrogens is 417 g/mol. The minimum atomic E-state index is -1.50. The molecule has 0 aromatic carbocycles. The summed E-state index contributed by atoms with van der Waals surface area (Å²) >= 11 is 0. The van der Waals surface area contributed by atoms with Gasteiger partial charge in [-0.05, 0) is 25.2 Å². The Morgan fingerprint density at radius 3 is 2.67 bits per heavy atom. The fourth-order valence-electron chi connectivity index (χ4n) is 2.52. The summed E-state index contributed by atoms with van der Waals surface area (Å²) < 4.78 is 27.5. The van der Waals surface area contributed by atoms with E-state index in [0.717, 1.165) is 25.3 Å². The minimum Gasteiger partial charge on any atom is -0.441 e. The first-order valence-electron chi connectivity index (χ1n) is 9.72. The number of esters is 1. The van der Waals surface area contributed by atoms with E-state index >= 15 is 0 Å². The lowest BCUT2D eigenvalue weighted by molar-refractivity contribution is -0.165. The van der Waals surface area contributed by atoms with Gasteiger partial charge >= 0.3 is 14.6 Å². The number of amides is 2. The van der Waals surface area contributed by atoms with Gasteiger partial charge in [-0.1, -0.05) is 0 Å². The molecule has 1 saturated heterocycles. The zero-order chi connectivity index (χ0) is 22.0. The molecule has 1 saturated carbocycles. The highest BCUT2D eigenvalue weighted by Gasteiger charge is 2.35. The maximum atomic E-state index is 12.3. The van der Waals surface area contributed by atoms with Gasteiger partial charge < -0.3 is 33.7 Å². The van der Waals surface area contributed by atoms with Crippen molar-refractivity contribution >= 4 is 26.9 Å². The molecule has 2 atom stereocenters. The van der Waals surface area contributed by atoms with Gasteiger partial charge in [0.1, 0.15) is 5.72 Å². The van der Waals surface area contributed by atoms with Crippen molar-refractivity contribution in [3.05, 3.63) is 12.3 Å². The van der Waals surface area contributed by atoms with Crippen LogP contribution in [-0.4, -0.2) is 69.1 Å². The summed E-state index contributed by atoms with van der Waals surface area (Å²) in [5.41, 5.74) is 5.03. The molecule has 0 bridgehead atoms. The second-order valence-corrected chi connectivity index (χ2v) is 8.41. The quantitative estimate of drug-likeness (QED) is 0.137. The normalized spacial score (nSPS) is 20.4. The van der Waals surface area contributed by atoms with Crippen LogP contribution in [0, 0.1) is 5.92 Å². The van der Waals surface area contributed by atoms with Crippen LogP contribution in [0.1, 0.15) is 32.1 Å². The van der Waals surface area contributed by atoms with Gasteiger partial charge in [0, 0.05) is 39.3 Å². The van der Waals surface area contributed by atoms with Crippen LogP contribution in [0.3, 0.4) is 0 Å². The van der Waals surface area contributed by atoms with Gasteiger partial charge in [0.25, 0.3) is 5.91 Å². The van der Waals surface area contributed by atoms with Crippen LogP contribution < -0.4 is 11.1 Å². The number of carbonyl (C=O) groups excluding carboxylic acids is 3. The first-order valence-corrected chi connectivity index (χ1v) is 10.8. The molecule has 0 unspecified atom stereocenters. The van der Waals surface area contributed by atoms with Gasteiger partial charge in [0.15, 0.2) is 6.23 Å². The molecule has 1 aliphatic heterocycles. The Labute approximate surface area is 177 Å². The molecule has 3 N–H and O–H groups in total. The summed E-state index contributed by atoms with van der Waals surface area (Å²) in [7, 11) is 1.54. The fraction of sp³-hybridized carbons (Fsp3) is 0.722. The Balaban J connectivity index is 2.00. The largest absolute Gasteiger partial charge is 0.441 e. The number of hydrogen-bond acceptors (Lipinski definition) is 10. The van der Waals surface area contributed by atoms with E-state index in [1.807, 2.05) is 5.32 Å². The Bertz CT molecular complexity index is 612. The van der Waals surface area contributed by atoms with E-state index in [0.29, 0.717) is 25.6 Å². The van der Waals surface area contributed by atoms with Crippen molar-refractivity contribution in [1.82, 2.24) is 10.2 Å². The lowest BCUT2D eigenvalue weighted by Crippen LogP contribution is -2.51. The first kappa shape index (κ1) is 24.6. The van der Waals surface area contributed by atoms with Crippen molar-refractivity contribution in [1.29, 1.82) is 0 Å². The third kappa shape index (κ3) is 9.03. The lowest BCUT2D eigenvalue weighted by Gasteiger charge is -2.35. The van der Waals surface area contributed by atoms with Crippen LogP contribution in [0.5, 0.6) is 0 Å². The number of rotatable bonds is 13. The summed E-state index contributed by atoms with van der Waals surface area (Å²) in [5.74, 6) is -0.611. The topological polar surface area (TPSA) is 139 Å². The van der Waals surface area contributed by atoms with Crippen molar-refractivity contribution in [2.24, 2.45) is 11.7 Å². The van der Waals surface area contributed by atoms with Crippen LogP contribution in [0.25, 0.3) is 0 Å². The second kappa shape index (κ2) is 12.3. The van der Waals surface area contributed by atoms with Gasteiger partial charge in [-0.15, -0.1) is 0 Å². The number of nitrogens with one attached hydrogen (secondary N) is 1. The molecule has 170 valence electrons. The van der Waals surface area contributed by atoms with E-state index in [9.17, 15) is 14.4 Å². The first-order chi connectivity index (χ1) is 14.3. The highest BCUT2D eigenvalue weighted by atomic mass is 31.2. The maximum Gasteiger partial charge on any atom is 0.332 e. The monoisotopic (exact) mass is 447 g/mol. The van der Waals surface area contributed by atoms with Crippen LogP contribution >= 0.6 is 8.60 Å². The number of ether oxygens (including phenoxy) is 2. The van der Waals surface area contributed by atoms with Gasteiger partial charge in [-0.25, -0.2) is 0 Å². The van der Waals surface area contributed by atoms with Crippen LogP contribution in [-0.2, 0) is 37.4 Å². The number of carbonyl (C=O) groups is 3. The van der Waals surface area contributed by atoms with Gasteiger partial charge in [-0.2, -0.15) is 0 Å². The standard InChI is InChI=1S/C18H30N3O8P/c1-21(7-6-15(23)20-13-22)16(29-17(24)10-14-4-5-14)11-18(19,25-2)12-28-30-26-8-3-9-27-30/h6-7,13-14,16H,3-5,8-12,19H2,1-2H3,(H,20,22,23)/b7-6-/t16-,18+/m1/s1. The van der Waals surface area contributed by atoms with E-state index in [1.54, 1.807) is 7.05 Å². The van der Waals surface area contributed by atoms with Crippen molar-refractivity contribution in [2.75, 3.05) is 34.0 Å². The molecule has 1 heterocycles. The van der Waals surface area contributed by atoms with E-state index in [1.165, 1.54) is 18.2 Å². The number of hydrogen-bond donors (Lipinski definition) is 2. The summed E-state index contributed by atoms with van der Waals surface area (Å²) in [6, 6.07) is 0. The second-order valence-electron chi connectivity index (χ2n) is 7.19. The summed E-state index contributed by atoms with van der Waals surface area (Å²) in [4.78, 5) is 35.7. The van der Waals surface area contributed by atoms with Gasteiger partial charge in [0.05, 0.1) is 19.8 Å². The molecule has 30 heavy (non-hydrogen) atoms. The Hall–Kier alpha value is -1.62. The van der Waals surface area contributed by atoms with Gasteiger partial charge in [-0.3, -0.25) is 19.7 Å². The minimum absolute atomic E-state index is 0.0466.